The van der Waals surface area contributed by atoms with Gasteiger partial charge in [0.05, 0.1) is 11.3 Å². The van der Waals surface area contributed by atoms with E-state index in [1.165, 1.54) is 13.8 Å². The van der Waals surface area contributed by atoms with E-state index in [4.69, 9.17) is 0 Å². The molecule has 0 saturated carbocycles. The summed E-state index contributed by atoms with van der Waals surface area (Å²) in [6, 6.07) is 0. The number of rotatable bonds is 9. The van der Waals surface area contributed by atoms with E-state index in [9.17, 15) is 19.2 Å². The van der Waals surface area contributed by atoms with E-state index < -0.39 is 10.2 Å². The molecule has 0 heterocycles. The molecule has 23 heavy (non-hydrogen) atoms. The Balaban J connectivity index is 4.55. The van der Waals surface area contributed by atoms with Crippen LogP contribution in [0.2, 0.25) is 0 Å². The quantitative estimate of drug-likeness (QED) is 0.350. The third-order valence-electron chi connectivity index (χ3n) is 3.17. The highest BCUT2D eigenvalue weighted by Crippen LogP contribution is 2.32. The lowest BCUT2D eigenvalue weighted by molar-refractivity contribution is -0.133. The number of nitrogens with one attached hydrogen (secondary N) is 3. The Kier molecular flexibility index (Phi) is 8.30. The first-order valence-corrected chi connectivity index (χ1v) is 7.86. The number of hydrogen-bond acceptors (Lipinski definition) is 5. The molecule has 7 nitrogen and oxygen atoms in total. The van der Waals surface area contributed by atoms with E-state index >= 15 is 0 Å². The summed E-state index contributed by atoms with van der Waals surface area (Å²) in [5.41, 5.74) is -0.860. The molecule has 8 heteroatoms. The second-order valence-corrected chi connectivity index (χ2v) is 7.45. The molecule has 0 saturated heterocycles. The fourth-order valence-electron chi connectivity index (χ4n) is 2.07. The van der Waals surface area contributed by atoms with Gasteiger partial charge in [-0.15, -0.1) is 0 Å². The molecule has 1 unspecified atom stereocenters. The van der Waals surface area contributed by atoms with Crippen molar-refractivity contribution in [2.75, 3.05) is 19.6 Å². The van der Waals surface area contributed by atoms with Crippen molar-refractivity contribution < 1.29 is 19.2 Å². The lowest BCUT2D eigenvalue weighted by Gasteiger charge is -2.32. The average molecular weight is 345 g/mol. The molecule has 3 amide bonds. The van der Waals surface area contributed by atoms with E-state index in [0.717, 1.165) is 0 Å². The van der Waals surface area contributed by atoms with Crippen LogP contribution >= 0.6 is 12.6 Å². The fourth-order valence-corrected chi connectivity index (χ4v) is 2.54. The van der Waals surface area contributed by atoms with Crippen LogP contribution < -0.4 is 16.0 Å². The van der Waals surface area contributed by atoms with Crippen molar-refractivity contribution in [1.82, 2.24) is 16.0 Å². The highest BCUT2D eigenvalue weighted by molar-refractivity contribution is 7.82. The van der Waals surface area contributed by atoms with E-state index in [1.54, 1.807) is 20.8 Å². The van der Waals surface area contributed by atoms with Gasteiger partial charge in [0.1, 0.15) is 5.78 Å². The Labute approximate surface area is 142 Å². The number of carbonyl (C=O) groups is 4. The summed E-state index contributed by atoms with van der Waals surface area (Å²) in [5, 5.41) is 7.79. The summed E-state index contributed by atoms with van der Waals surface area (Å²) < 4.78 is -1.06. The first kappa shape index (κ1) is 21.4. The lowest BCUT2D eigenvalue weighted by Crippen LogP contribution is -2.48. The molecule has 0 aromatic rings. The molecule has 0 rings (SSSR count). The summed E-state index contributed by atoms with van der Waals surface area (Å²) >= 11 is 4.37. The van der Waals surface area contributed by atoms with Crippen molar-refractivity contribution >= 4 is 36.1 Å². The van der Waals surface area contributed by atoms with Crippen LogP contribution in [0.5, 0.6) is 0 Å². The van der Waals surface area contributed by atoms with Crippen LogP contribution in [0, 0.1) is 5.41 Å². The van der Waals surface area contributed by atoms with Gasteiger partial charge in [0.15, 0.2) is 0 Å². The predicted molar refractivity (Wildman–Crippen MR) is 91.2 cm³/mol. The number of thiol groups is 1. The Hall–Kier alpha value is -1.57. The Morgan fingerprint density at radius 2 is 1.39 bits per heavy atom. The molecule has 0 bridgehead atoms. The smallest absolute Gasteiger partial charge is 0.235 e. The topological polar surface area (TPSA) is 104 Å². The van der Waals surface area contributed by atoms with Gasteiger partial charge >= 0.3 is 0 Å². The second-order valence-electron chi connectivity index (χ2n) is 6.46. The average Bonchev–Trinajstić information content (AvgIpc) is 2.38. The molecule has 0 aliphatic carbocycles. The molecule has 0 fully saturated rings. The molecule has 132 valence electrons. The monoisotopic (exact) mass is 345 g/mol. The minimum atomic E-state index is -1.06. The molecule has 0 aromatic heterocycles. The van der Waals surface area contributed by atoms with Crippen molar-refractivity contribution in [3.05, 3.63) is 0 Å². The number of Topliss-reactive ketones (excluding diaryl/α,β-unsaturated/α-hetero) is 1. The summed E-state index contributed by atoms with van der Waals surface area (Å²) in [5.74, 6) is -0.938. The third-order valence-corrected chi connectivity index (χ3v) is 3.53. The minimum Gasteiger partial charge on any atom is -0.355 e. The van der Waals surface area contributed by atoms with Gasteiger partial charge in [-0.3, -0.25) is 19.2 Å². The number of carbonyl (C=O) groups excluding carboxylic acids is 4. The molecular formula is C15H27N3O4S. The van der Waals surface area contributed by atoms with Gasteiger partial charge in [-0.1, -0.05) is 13.8 Å². The fraction of sp³-hybridized carbons (Fsp3) is 0.733. The minimum absolute atomic E-state index is 0.0333. The van der Waals surface area contributed by atoms with Crippen molar-refractivity contribution in [3.8, 4) is 0 Å². The van der Waals surface area contributed by atoms with Gasteiger partial charge in [0.2, 0.25) is 17.7 Å². The van der Waals surface area contributed by atoms with Crippen LogP contribution in [-0.4, -0.2) is 47.9 Å². The van der Waals surface area contributed by atoms with Crippen LogP contribution in [0.15, 0.2) is 0 Å². The number of amides is 3. The largest absolute Gasteiger partial charge is 0.355 e. The van der Waals surface area contributed by atoms with E-state index in [-0.39, 0.29) is 43.0 Å². The highest BCUT2D eigenvalue weighted by atomic mass is 32.1. The molecule has 1 atom stereocenters. The van der Waals surface area contributed by atoms with Gasteiger partial charge in [0.25, 0.3) is 0 Å². The normalized spacial score (nSPS) is 13.7. The van der Waals surface area contributed by atoms with Crippen molar-refractivity contribution in [3.63, 3.8) is 0 Å². The van der Waals surface area contributed by atoms with Crippen LogP contribution in [0.4, 0.5) is 0 Å². The van der Waals surface area contributed by atoms with E-state index in [2.05, 4.69) is 28.6 Å². The van der Waals surface area contributed by atoms with Gasteiger partial charge in [0, 0.05) is 25.4 Å². The molecule has 3 N–H and O–H groups in total. The SMILES string of the molecule is CC(=O)CNC(=O)C(C)(C)CC(C)(S)C(=O)NCCNC(C)=O. The molecule has 0 radical (unpaired) electrons. The van der Waals surface area contributed by atoms with Gasteiger partial charge in [-0.2, -0.15) is 12.6 Å². The zero-order valence-corrected chi connectivity index (χ0v) is 15.3. The lowest BCUT2D eigenvalue weighted by atomic mass is 9.81. The maximum absolute atomic E-state index is 12.2. The third kappa shape index (κ3) is 8.59. The maximum Gasteiger partial charge on any atom is 0.235 e. The van der Waals surface area contributed by atoms with Crippen LogP contribution in [0.25, 0.3) is 0 Å². The zero-order valence-electron chi connectivity index (χ0n) is 14.4. The predicted octanol–water partition coefficient (Wildman–Crippen LogP) is 0.0487. The second kappa shape index (κ2) is 8.90. The van der Waals surface area contributed by atoms with Crippen LogP contribution in [0.1, 0.15) is 41.0 Å². The molecule has 0 aromatic carbocycles. The van der Waals surface area contributed by atoms with Gasteiger partial charge < -0.3 is 16.0 Å². The van der Waals surface area contributed by atoms with E-state index in [0.29, 0.717) is 6.54 Å². The van der Waals surface area contributed by atoms with Crippen LogP contribution in [-0.2, 0) is 19.2 Å². The van der Waals surface area contributed by atoms with Gasteiger partial charge in [-0.25, -0.2) is 0 Å². The summed E-state index contributed by atoms with van der Waals surface area (Å²) in [6.07, 6.45) is 0.193. The Morgan fingerprint density at radius 1 is 0.870 bits per heavy atom. The zero-order chi connectivity index (χ0) is 18.3. The molecule has 0 aliphatic heterocycles. The van der Waals surface area contributed by atoms with Gasteiger partial charge in [-0.05, 0) is 20.3 Å². The highest BCUT2D eigenvalue weighted by Gasteiger charge is 2.39. The molecular weight excluding hydrogens is 318 g/mol. The molecule has 0 spiro atoms. The van der Waals surface area contributed by atoms with Crippen molar-refractivity contribution in [2.24, 2.45) is 5.41 Å². The summed E-state index contributed by atoms with van der Waals surface area (Å²) in [6.45, 7) is 8.38. The van der Waals surface area contributed by atoms with Crippen molar-refractivity contribution in [1.29, 1.82) is 0 Å². The van der Waals surface area contributed by atoms with Crippen LogP contribution in [0.3, 0.4) is 0 Å². The first-order chi connectivity index (χ1) is 10.4. The number of hydrogen-bond donors (Lipinski definition) is 4. The standard InChI is InChI=1S/C15H27N3O4S/c1-10(19)8-18-12(21)14(3,4)9-15(5,23)13(22)17-7-6-16-11(2)20/h23H,6-9H2,1-5H3,(H,16,20)(H,17,22)(H,18,21). The number of ketones is 1. The van der Waals surface area contributed by atoms with E-state index in [1.807, 2.05) is 0 Å². The maximum atomic E-state index is 12.2. The first-order valence-electron chi connectivity index (χ1n) is 7.41. The molecule has 0 aliphatic rings. The Morgan fingerprint density at radius 3 is 1.87 bits per heavy atom. The summed E-state index contributed by atoms with van der Waals surface area (Å²) in [7, 11) is 0. The van der Waals surface area contributed by atoms with Crippen molar-refractivity contribution in [2.45, 2.75) is 45.8 Å². The Bertz CT molecular complexity index is 475. The summed E-state index contributed by atoms with van der Waals surface area (Å²) in [4.78, 5) is 46.0.